The number of carbonyl (C=O) groups is 1. The van der Waals surface area contributed by atoms with Crippen LogP contribution in [0.4, 0.5) is 0 Å². The summed E-state index contributed by atoms with van der Waals surface area (Å²) < 4.78 is 4.79. The van der Waals surface area contributed by atoms with Crippen molar-refractivity contribution in [2.75, 3.05) is 26.8 Å². The molecule has 0 aliphatic heterocycles. The van der Waals surface area contributed by atoms with Gasteiger partial charge in [0.05, 0.1) is 19.3 Å². The van der Waals surface area contributed by atoms with E-state index >= 15 is 0 Å². The minimum absolute atomic E-state index is 0.0336. The van der Waals surface area contributed by atoms with Crippen molar-refractivity contribution >= 4 is 5.91 Å². The molecule has 0 heterocycles. The van der Waals surface area contributed by atoms with Crippen molar-refractivity contribution in [2.24, 2.45) is 0 Å². The zero-order valence-corrected chi connectivity index (χ0v) is 10.7. The highest BCUT2D eigenvalue weighted by atomic mass is 16.5. The second-order valence-corrected chi connectivity index (χ2v) is 4.87. The van der Waals surface area contributed by atoms with Crippen molar-refractivity contribution in [3.8, 4) is 0 Å². The zero-order chi connectivity index (χ0) is 12.6. The van der Waals surface area contributed by atoms with Crippen molar-refractivity contribution in [3.63, 3.8) is 0 Å². The Morgan fingerprint density at radius 2 is 2.06 bits per heavy atom. The van der Waals surface area contributed by atoms with E-state index in [1.165, 1.54) is 0 Å². The molecule has 0 rings (SSSR count). The number of aliphatic hydroxyl groups excluding tert-OH is 1. The number of rotatable bonds is 7. The van der Waals surface area contributed by atoms with Crippen LogP contribution in [-0.2, 0) is 9.53 Å². The molecule has 16 heavy (non-hydrogen) atoms. The van der Waals surface area contributed by atoms with Gasteiger partial charge >= 0.3 is 0 Å². The van der Waals surface area contributed by atoms with Crippen molar-refractivity contribution in [2.45, 2.75) is 38.8 Å². The summed E-state index contributed by atoms with van der Waals surface area (Å²) in [4.78, 5) is 11.4. The minimum Gasteiger partial charge on any atom is -0.391 e. The lowest BCUT2D eigenvalue weighted by molar-refractivity contribution is -0.121. The number of hydrogen-bond donors (Lipinski definition) is 3. The summed E-state index contributed by atoms with van der Waals surface area (Å²) in [7, 11) is 1.55. The average molecular weight is 232 g/mol. The molecular formula is C11H24N2O3. The molecule has 0 spiro atoms. The van der Waals surface area contributed by atoms with Gasteiger partial charge in [0.15, 0.2) is 0 Å². The maximum atomic E-state index is 11.4. The van der Waals surface area contributed by atoms with Crippen LogP contribution in [0.25, 0.3) is 0 Å². The fourth-order valence-electron chi connectivity index (χ4n) is 1.21. The van der Waals surface area contributed by atoms with Gasteiger partial charge in [0, 0.05) is 12.6 Å². The Hall–Kier alpha value is -0.650. The van der Waals surface area contributed by atoms with Crippen LogP contribution in [0.2, 0.25) is 0 Å². The fourth-order valence-corrected chi connectivity index (χ4v) is 1.21. The Labute approximate surface area is 97.6 Å². The number of nitrogens with one attached hydrogen (secondary N) is 2. The van der Waals surface area contributed by atoms with Gasteiger partial charge in [-0.15, -0.1) is 0 Å². The van der Waals surface area contributed by atoms with Gasteiger partial charge in [0.2, 0.25) is 5.91 Å². The highest BCUT2D eigenvalue weighted by molar-refractivity contribution is 5.78. The van der Waals surface area contributed by atoms with Gasteiger partial charge in [0.1, 0.15) is 0 Å². The molecule has 0 aromatic carbocycles. The van der Waals surface area contributed by atoms with Gasteiger partial charge in [0.25, 0.3) is 0 Å². The van der Waals surface area contributed by atoms with Crippen LogP contribution in [0.15, 0.2) is 0 Å². The van der Waals surface area contributed by atoms with Gasteiger partial charge in [-0.25, -0.2) is 0 Å². The average Bonchev–Trinajstić information content (AvgIpc) is 2.10. The molecule has 0 aromatic heterocycles. The monoisotopic (exact) mass is 232 g/mol. The Morgan fingerprint density at radius 1 is 1.44 bits per heavy atom. The van der Waals surface area contributed by atoms with Crippen molar-refractivity contribution < 1.29 is 14.6 Å². The Balaban J connectivity index is 3.48. The van der Waals surface area contributed by atoms with E-state index in [0.29, 0.717) is 19.6 Å². The highest BCUT2D eigenvalue weighted by Gasteiger charge is 2.12. The summed E-state index contributed by atoms with van der Waals surface area (Å²) in [5, 5.41) is 15.1. The maximum absolute atomic E-state index is 11.4. The van der Waals surface area contributed by atoms with Gasteiger partial charge in [-0.2, -0.15) is 0 Å². The third-order valence-electron chi connectivity index (χ3n) is 1.81. The van der Waals surface area contributed by atoms with Crippen LogP contribution in [0.5, 0.6) is 0 Å². The first-order valence-corrected chi connectivity index (χ1v) is 5.54. The summed E-state index contributed by atoms with van der Waals surface area (Å²) >= 11 is 0. The predicted octanol–water partition coefficient (Wildman–Crippen LogP) is -0.112. The number of aliphatic hydroxyl groups is 1. The normalized spacial score (nSPS) is 13.6. The molecule has 1 atom stereocenters. The van der Waals surface area contributed by atoms with E-state index in [2.05, 4.69) is 10.6 Å². The largest absolute Gasteiger partial charge is 0.391 e. The standard InChI is InChI=1S/C11H24N2O3/c1-11(2,3)13-10(15)7-12-6-5-9(14)8-16-4/h9,12,14H,5-8H2,1-4H3,(H,13,15). The molecule has 0 bridgehead atoms. The first kappa shape index (κ1) is 15.3. The van der Waals surface area contributed by atoms with Crippen LogP contribution in [0.3, 0.4) is 0 Å². The van der Waals surface area contributed by atoms with Crippen molar-refractivity contribution in [3.05, 3.63) is 0 Å². The van der Waals surface area contributed by atoms with Crippen LogP contribution in [0, 0.1) is 0 Å². The van der Waals surface area contributed by atoms with Gasteiger partial charge in [-0.05, 0) is 33.7 Å². The number of amides is 1. The Kier molecular flexibility index (Phi) is 7.29. The molecule has 1 amide bonds. The van der Waals surface area contributed by atoms with E-state index in [0.717, 1.165) is 0 Å². The minimum atomic E-state index is -0.469. The zero-order valence-electron chi connectivity index (χ0n) is 10.7. The quantitative estimate of drug-likeness (QED) is 0.536. The topological polar surface area (TPSA) is 70.6 Å². The molecule has 0 aliphatic carbocycles. The summed E-state index contributed by atoms with van der Waals surface area (Å²) in [5.74, 6) is -0.0336. The van der Waals surface area contributed by atoms with E-state index < -0.39 is 6.10 Å². The van der Waals surface area contributed by atoms with Gasteiger partial charge in [-0.3, -0.25) is 4.79 Å². The van der Waals surface area contributed by atoms with Crippen LogP contribution >= 0.6 is 0 Å². The van der Waals surface area contributed by atoms with Crippen LogP contribution in [-0.4, -0.2) is 49.5 Å². The molecule has 0 radical (unpaired) electrons. The molecule has 3 N–H and O–H groups in total. The lowest BCUT2D eigenvalue weighted by Gasteiger charge is -2.20. The maximum Gasteiger partial charge on any atom is 0.234 e. The second kappa shape index (κ2) is 7.60. The molecule has 0 saturated heterocycles. The number of carbonyl (C=O) groups excluding carboxylic acids is 1. The molecule has 96 valence electrons. The predicted molar refractivity (Wildman–Crippen MR) is 63.3 cm³/mol. The lowest BCUT2D eigenvalue weighted by Crippen LogP contribution is -2.45. The second-order valence-electron chi connectivity index (χ2n) is 4.87. The van der Waals surface area contributed by atoms with Gasteiger partial charge in [-0.1, -0.05) is 0 Å². The third kappa shape index (κ3) is 9.89. The van der Waals surface area contributed by atoms with E-state index in [4.69, 9.17) is 4.74 Å². The van der Waals surface area contributed by atoms with E-state index in [9.17, 15) is 9.90 Å². The highest BCUT2D eigenvalue weighted by Crippen LogP contribution is 1.97. The first-order valence-electron chi connectivity index (χ1n) is 5.54. The van der Waals surface area contributed by atoms with E-state index in [1.54, 1.807) is 7.11 Å². The van der Waals surface area contributed by atoms with E-state index in [-0.39, 0.29) is 18.0 Å². The van der Waals surface area contributed by atoms with Crippen molar-refractivity contribution in [1.29, 1.82) is 0 Å². The first-order chi connectivity index (χ1) is 7.35. The molecule has 5 nitrogen and oxygen atoms in total. The smallest absolute Gasteiger partial charge is 0.234 e. The Bertz CT molecular complexity index is 202. The molecule has 1 unspecified atom stereocenters. The molecule has 0 aromatic rings. The summed E-state index contributed by atoms with van der Waals surface area (Å²) in [6.45, 7) is 7.02. The summed E-state index contributed by atoms with van der Waals surface area (Å²) in [5.41, 5.74) is -0.200. The molecule has 0 saturated carbocycles. The summed E-state index contributed by atoms with van der Waals surface area (Å²) in [6.07, 6.45) is 0.111. The Morgan fingerprint density at radius 3 is 2.56 bits per heavy atom. The van der Waals surface area contributed by atoms with Crippen LogP contribution < -0.4 is 10.6 Å². The number of ether oxygens (including phenoxy) is 1. The SMILES string of the molecule is COCC(O)CCNCC(=O)NC(C)(C)C. The molecule has 0 aliphatic rings. The van der Waals surface area contributed by atoms with Crippen molar-refractivity contribution in [1.82, 2.24) is 10.6 Å². The lowest BCUT2D eigenvalue weighted by atomic mass is 10.1. The third-order valence-corrected chi connectivity index (χ3v) is 1.81. The number of hydrogen-bond acceptors (Lipinski definition) is 4. The molecule has 5 heteroatoms. The van der Waals surface area contributed by atoms with E-state index in [1.807, 2.05) is 20.8 Å². The van der Waals surface area contributed by atoms with Gasteiger partial charge < -0.3 is 20.5 Å². The molecular weight excluding hydrogens is 208 g/mol. The molecule has 0 fully saturated rings. The fraction of sp³-hybridized carbons (Fsp3) is 0.909. The number of methoxy groups -OCH3 is 1. The summed E-state index contributed by atoms with van der Waals surface area (Å²) in [6, 6.07) is 0. The van der Waals surface area contributed by atoms with Crippen LogP contribution in [0.1, 0.15) is 27.2 Å².